The van der Waals surface area contributed by atoms with E-state index in [9.17, 15) is 0 Å². The summed E-state index contributed by atoms with van der Waals surface area (Å²) in [6, 6.07) is 6.31. The highest BCUT2D eigenvalue weighted by Crippen LogP contribution is 2.34. The molecule has 2 rings (SSSR count). The number of benzene rings is 1. The number of thioether (sulfide) groups is 1. The summed E-state index contributed by atoms with van der Waals surface area (Å²) in [5.74, 6) is 7.11. The quantitative estimate of drug-likeness (QED) is 0.695. The second-order valence-corrected chi connectivity index (χ2v) is 4.42. The van der Waals surface area contributed by atoms with Crippen LogP contribution in [-0.2, 0) is 0 Å². The van der Waals surface area contributed by atoms with Crippen molar-refractivity contribution in [2.75, 3.05) is 17.3 Å². The predicted octanol–water partition coefficient (Wildman–Crippen LogP) is 2.59. The zero-order valence-corrected chi connectivity index (χ0v) is 9.83. The van der Waals surface area contributed by atoms with E-state index in [1.807, 2.05) is 16.8 Å². The zero-order valence-electron chi connectivity index (χ0n) is 8.19. The Morgan fingerprint density at radius 3 is 3.00 bits per heavy atom. The Hall–Kier alpha value is -0.380. The van der Waals surface area contributed by atoms with Gasteiger partial charge in [0.1, 0.15) is 0 Å². The standard InChI is InChI=1S/C10H14N2S.ClH/c1-8-4-2-5-9-10(8)13-7-3-6-12(9)11;/h2,4-5H,3,6-7,11H2,1H3;1H. The lowest BCUT2D eigenvalue weighted by Gasteiger charge is -2.18. The number of nitrogens with two attached hydrogens (primary N) is 1. The van der Waals surface area contributed by atoms with Crippen LogP contribution in [-0.4, -0.2) is 12.3 Å². The van der Waals surface area contributed by atoms with E-state index in [2.05, 4.69) is 25.1 Å². The predicted molar refractivity (Wildman–Crippen MR) is 65.3 cm³/mol. The molecule has 4 heteroatoms. The minimum Gasteiger partial charge on any atom is -0.310 e. The van der Waals surface area contributed by atoms with Gasteiger partial charge in [-0.15, -0.1) is 24.2 Å². The van der Waals surface area contributed by atoms with Crippen LogP contribution in [0.3, 0.4) is 0 Å². The van der Waals surface area contributed by atoms with Crippen molar-refractivity contribution in [3.8, 4) is 0 Å². The van der Waals surface area contributed by atoms with Crippen LogP contribution in [0, 0.1) is 6.92 Å². The molecule has 1 aliphatic rings. The molecule has 0 saturated carbocycles. The molecule has 1 aromatic rings. The van der Waals surface area contributed by atoms with Crippen LogP contribution in [0.25, 0.3) is 0 Å². The summed E-state index contributed by atoms with van der Waals surface area (Å²) in [7, 11) is 0. The van der Waals surface area contributed by atoms with Gasteiger partial charge in [-0.25, -0.2) is 5.84 Å². The van der Waals surface area contributed by atoms with Gasteiger partial charge >= 0.3 is 0 Å². The number of rotatable bonds is 0. The van der Waals surface area contributed by atoms with Crippen molar-refractivity contribution in [1.82, 2.24) is 0 Å². The van der Waals surface area contributed by atoms with Gasteiger partial charge in [-0.1, -0.05) is 12.1 Å². The summed E-state index contributed by atoms with van der Waals surface area (Å²) in [5, 5.41) is 1.86. The van der Waals surface area contributed by atoms with Crippen LogP contribution in [0.4, 0.5) is 5.69 Å². The van der Waals surface area contributed by atoms with E-state index in [1.54, 1.807) is 0 Å². The van der Waals surface area contributed by atoms with Crippen LogP contribution in [0.5, 0.6) is 0 Å². The topological polar surface area (TPSA) is 29.3 Å². The number of aryl methyl sites for hydroxylation is 1. The third-order valence-electron chi connectivity index (χ3n) is 2.29. The molecule has 14 heavy (non-hydrogen) atoms. The SMILES string of the molecule is Cc1cccc2c1SCCCN2N.Cl. The van der Waals surface area contributed by atoms with Crippen molar-refractivity contribution in [2.45, 2.75) is 18.2 Å². The summed E-state index contributed by atoms with van der Waals surface area (Å²) in [4.78, 5) is 1.35. The third-order valence-corrected chi connectivity index (χ3v) is 3.60. The number of halogens is 1. The highest BCUT2D eigenvalue weighted by molar-refractivity contribution is 7.99. The average Bonchev–Trinajstić information content (AvgIpc) is 2.30. The summed E-state index contributed by atoms with van der Waals surface area (Å²) in [6.45, 7) is 3.11. The van der Waals surface area contributed by atoms with E-state index in [0.29, 0.717) is 0 Å². The monoisotopic (exact) mass is 230 g/mol. The van der Waals surface area contributed by atoms with Crippen molar-refractivity contribution in [3.05, 3.63) is 23.8 Å². The molecule has 0 bridgehead atoms. The second kappa shape index (κ2) is 4.91. The lowest BCUT2D eigenvalue weighted by atomic mass is 10.2. The number of hydrazine groups is 1. The molecule has 1 heterocycles. The van der Waals surface area contributed by atoms with Gasteiger partial charge < -0.3 is 5.01 Å². The summed E-state index contributed by atoms with van der Waals surface area (Å²) >= 11 is 1.92. The minimum absolute atomic E-state index is 0. The lowest BCUT2D eigenvalue weighted by Crippen LogP contribution is -2.31. The van der Waals surface area contributed by atoms with E-state index in [-0.39, 0.29) is 12.4 Å². The fourth-order valence-corrected chi connectivity index (χ4v) is 2.69. The first kappa shape index (κ1) is 11.7. The largest absolute Gasteiger partial charge is 0.310 e. The third kappa shape index (κ3) is 2.16. The molecule has 0 saturated heterocycles. The molecule has 78 valence electrons. The van der Waals surface area contributed by atoms with Crippen molar-refractivity contribution < 1.29 is 0 Å². The van der Waals surface area contributed by atoms with Crippen molar-refractivity contribution >= 4 is 29.9 Å². The highest BCUT2D eigenvalue weighted by atomic mass is 35.5. The first-order valence-electron chi connectivity index (χ1n) is 4.53. The van der Waals surface area contributed by atoms with Crippen LogP contribution < -0.4 is 10.9 Å². The van der Waals surface area contributed by atoms with Gasteiger partial charge in [-0.2, -0.15) is 0 Å². The van der Waals surface area contributed by atoms with Gasteiger partial charge in [0.2, 0.25) is 0 Å². The summed E-state index contributed by atoms with van der Waals surface area (Å²) in [6.07, 6.45) is 1.16. The van der Waals surface area contributed by atoms with Crippen LogP contribution in [0.2, 0.25) is 0 Å². The summed E-state index contributed by atoms with van der Waals surface area (Å²) in [5.41, 5.74) is 2.52. The Kier molecular flexibility index (Phi) is 4.11. The summed E-state index contributed by atoms with van der Waals surface area (Å²) < 4.78 is 0. The van der Waals surface area contributed by atoms with Gasteiger partial charge in [-0.05, 0) is 30.7 Å². The molecule has 0 fully saturated rings. The first-order chi connectivity index (χ1) is 6.29. The maximum Gasteiger partial charge on any atom is 0.0655 e. The number of fused-ring (bicyclic) bond motifs is 1. The molecule has 0 amide bonds. The molecule has 2 nitrogen and oxygen atoms in total. The number of hydrogen-bond donors (Lipinski definition) is 1. The van der Waals surface area contributed by atoms with Gasteiger partial charge in [0.25, 0.3) is 0 Å². The maximum atomic E-state index is 5.94. The van der Waals surface area contributed by atoms with E-state index >= 15 is 0 Å². The highest BCUT2D eigenvalue weighted by Gasteiger charge is 2.13. The molecule has 0 aliphatic carbocycles. The van der Waals surface area contributed by atoms with Gasteiger partial charge in [-0.3, -0.25) is 0 Å². The smallest absolute Gasteiger partial charge is 0.0655 e. The maximum absolute atomic E-state index is 5.94. The van der Waals surface area contributed by atoms with Crippen LogP contribution in [0.1, 0.15) is 12.0 Å². The Labute approximate surface area is 95.2 Å². The Balaban J connectivity index is 0.000000980. The molecular weight excluding hydrogens is 216 g/mol. The number of hydrogen-bond acceptors (Lipinski definition) is 3. The number of nitrogens with zero attached hydrogens (tertiary/aromatic N) is 1. The molecule has 2 N–H and O–H groups in total. The fourth-order valence-electron chi connectivity index (χ4n) is 1.58. The Morgan fingerprint density at radius 2 is 2.21 bits per heavy atom. The minimum atomic E-state index is 0. The Bertz CT molecular complexity index is 317. The van der Waals surface area contributed by atoms with Crippen molar-refractivity contribution in [1.29, 1.82) is 0 Å². The van der Waals surface area contributed by atoms with Gasteiger partial charge in [0, 0.05) is 11.4 Å². The molecule has 0 spiro atoms. The van der Waals surface area contributed by atoms with Crippen LogP contribution in [0.15, 0.2) is 23.1 Å². The van der Waals surface area contributed by atoms with Crippen molar-refractivity contribution in [2.24, 2.45) is 5.84 Å². The normalized spacial score (nSPS) is 15.4. The molecule has 0 aromatic heterocycles. The van der Waals surface area contributed by atoms with E-state index < -0.39 is 0 Å². The van der Waals surface area contributed by atoms with Crippen LogP contribution >= 0.6 is 24.2 Å². The molecule has 1 aromatic carbocycles. The molecule has 1 aliphatic heterocycles. The second-order valence-electron chi connectivity index (χ2n) is 3.32. The molecule has 0 radical (unpaired) electrons. The lowest BCUT2D eigenvalue weighted by molar-refractivity contribution is 0.811. The van der Waals surface area contributed by atoms with E-state index in [4.69, 9.17) is 5.84 Å². The molecule has 0 unspecified atom stereocenters. The van der Waals surface area contributed by atoms with Gasteiger partial charge in [0.05, 0.1) is 5.69 Å². The van der Waals surface area contributed by atoms with E-state index in [1.165, 1.54) is 21.9 Å². The van der Waals surface area contributed by atoms with Crippen molar-refractivity contribution in [3.63, 3.8) is 0 Å². The van der Waals surface area contributed by atoms with Gasteiger partial charge in [0.15, 0.2) is 0 Å². The first-order valence-corrected chi connectivity index (χ1v) is 5.52. The number of anilines is 1. The molecule has 0 atom stereocenters. The van der Waals surface area contributed by atoms with E-state index in [0.717, 1.165) is 13.0 Å². The zero-order chi connectivity index (χ0) is 9.26. The average molecular weight is 231 g/mol. The fraction of sp³-hybridized carbons (Fsp3) is 0.400. The molecular formula is C10H15ClN2S. The Morgan fingerprint density at radius 1 is 1.43 bits per heavy atom.